The molecule has 1 aliphatic rings. The molecule has 0 bridgehead atoms. The predicted octanol–water partition coefficient (Wildman–Crippen LogP) is 0.668. The van der Waals surface area contributed by atoms with Gasteiger partial charge in [0.05, 0.1) is 18.7 Å². The number of nitrogens with zero attached hydrogens (tertiary/aromatic N) is 4. The van der Waals surface area contributed by atoms with Crippen molar-refractivity contribution < 1.29 is 18.3 Å². The molecule has 0 N–H and O–H groups in total. The lowest BCUT2D eigenvalue weighted by atomic mass is 10.1. The Balaban J connectivity index is 1.77. The minimum absolute atomic E-state index is 0.220. The molecule has 3 rings (SSSR count). The van der Waals surface area contributed by atoms with Crippen molar-refractivity contribution in [3.8, 4) is 0 Å². The number of methoxy groups -OCH3 is 1. The summed E-state index contributed by atoms with van der Waals surface area (Å²) < 4.78 is 34.9. The molecule has 0 saturated heterocycles. The molecule has 0 fully saturated rings. The molecule has 0 aliphatic carbocycles. The van der Waals surface area contributed by atoms with Gasteiger partial charge in [-0.05, 0) is 18.2 Å². The Kier molecular flexibility index (Phi) is 4.93. The van der Waals surface area contributed by atoms with Crippen LogP contribution in [0.2, 0.25) is 0 Å². The summed E-state index contributed by atoms with van der Waals surface area (Å²) in [7, 11) is 1.54. The van der Waals surface area contributed by atoms with Gasteiger partial charge in [-0.25, -0.2) is 18.3 Å². The first-order valence-corrected chi connectivity index (χ1v) is 7.91. The molecule has 1 amide bonds. The fourth-order valence-electron chi connectivity index (χ4n) is 2.82. The molecule has 0 radical (unpaired) electrons. The maximum absolute atomic E-state index is 13.8. The van der Waals surface area contributed by atoms with E-state index >= 15 is 0 Å². The van der Waals surface area contributed by atoms with Crippen LogP contribution in [0.3, 0.4) is 0 Å². The van der Waals surface area contributed by atoms with Crippen LogP contribution in [0.5, 0.6) is 0 Å². The van der Waals surface area contributed by atoms with Crippen LogP contribution in [0.4, 0.5) is 8.78 Å². The quantitative estimate of drug-likeness (QED) is 0.811. The van der Waals surface area contributed by atoms with Crippen molar-refractivity contribution in [1.82, 2.24) is 19.2 Å². The molecule has 0 atom stereocenters. The lowest BCUT2D eigenvalue weighted by molar-refractivity contribution is 0.0753. The highest BCUT2D eigenvalue weighted by Gasteiger charge is 2.25. The third-order valence-corrected chi connectivity index (χ3v) is 4.15. The Hall–Kier alpha value is -2.55. The number of hydrogen-bond donors (Lipinski definition) is 0. The smallest absolute Gasteiger partial charge is 0.346 e. The number of hydrogen-bond acceptors (Lipinski definition) is 4. The van der Waals surface area contributed by atoms with E-state index in [1.165, 1.54) is 14.1 Å². The van der Waals surface area contributed by atoms with Crippen LogP contribution in [0.25, 0.3) is 0 Å². The number of carbonyl (C=O) groups excluding carboxylic acids is 1. The van der Waals surface area contributed by atoms with Crippen molar-refractivity contribution in [2.45, 2.75) is 19.5 Å². The topological polar surface area (TPSA) is 69.4 Å². The number of amides is 1. The van der Waals surface area contributed by atoms with Crippen LogP contribution in [0, 0.1) is 11.6 Å². The summed E-state index contributed by atoms with van der Waals surface area (Å²) in [6.07, 6.45) is 0.359. The van der Waals surface area contributed by atoms with Crippen LogP contribution in [0.1, 0.15) is 16.2 Å². The van der Waals surface area contributed by atoms with Crippen LogP contribution in [-0.4, -0.2) is 52.0 Å². The fourth-order valence-corrected chi connectivity index (χ4v) is 2.82. The first-order chi connectivity index (χ1) is 12.0. The molecule has 2 aromatic rings. The lowest BCUT2D eigenvalue weighted by Crippen LogP contribution is -2.35. The van der Waals surface area contributed by atoms with Crippen LogP contribution in [-0.2, 0) is 24.2 Å². The summed E-state index contributed by atoms with van der Waals surface area (Å²) in [5.74, 6) is -1.47. The third-order valence-electron chi connectivity index (χ3n) is 4.15. The number of benzene rings is 1. The van der Waals surface area contributed by atoms with E-state index in [0.717, 1.165) is 18.2 Å². The Morgan fingerprint density at radius 1 is 1.28 bits per heavy atom. The Bertz CT molecular complexity index is 846. The van der Waals surface area contributed by atoms with E-state index < -0.39 is 17.5 Å². The summed E-state index contributed by atoms with van der Waals surface area (Å²) in [6, 6.07) is 2.78. The van der Waals surface area contributed by atoms with Gasteiger partial charge in [-0.1, -0.05) is 0 Å². The maximum Gasteiger partial charge on any atom is 0.346 e. The maximum atomic E-state index is 13.8. The van der Waals surface area contributed by atoms with Gasteiger partial charge < -0.3 is 9.64 Å². The molecule has 9 heteroatoms. The van der Waals surface area contributed by atoms with E-state index in [-0.39, 0.29) is 30.9 Å². The van der Waals surface area contributed by atoms with Gasteiger partial charge >= 0.3 is 5.69 Å². The fraction of sp³-hybridized carbons (Fsp3) is 0.438. The van der Waals surface area contributed by atoms with Crippen LogP contribution in [0.15, 0.2) is 23.0 Å². The van der Waals surface area contributed by atoms with E-state index in [9.17, 15) is 18.4 Å². The van der Waals surface area contributed by atoms with Gasteiger partial charge in [-0.15, -0.1) is 0 Å². The van der Waals surface area contributed by atoms with Crippen molar-refractivity contribution >= 4 is 5.91 Å². The van der Waals surface area contributed by atoms with Crippen molar-refractivity contribution in [3.05, 3.63) is 51.7 Å². The highest BCUT2D eigenvalue weighted by molar-refractivity contribution is 5.94. The minimum Gasteiger partial charge on any atom is -0.383 e. The molecule has 0 spiro atoms. The zero-order chi connectivity index (χ0) is 18.0. The van der Waals surface area contributed by atoms with E-state index in [4.69, 9.17) is 4.74 Å². The summed E-state index contributed by atoms with van der Waals surface area (Å²) in [6.45, 7) is 1.48. The van der Waals surface area contributed by atoms with Gasteiger partial charge in [-0.3, -0.25) is 9.36 Å². The number of carbonyl (C=O) groups is 1. The van der Waals surface area contributed by atoms with Crippen LogP contribution >= 0.6 is 0 Å². The summed E-state index contributed by atoms with van der Waals surface area (Å²) in [5, 5.41) is 4.26. The Morgan fingerprint density at radius 2 is 2.08 bits per heavy atom. The van der Waals surface area contributed by atoms with Gasteiger partial charge in [-0.2, -0.15) is 5.10 Å². The van der Waals surface area contributed by atoms with Crippen LogP contribution < -0.4 is 5.69 Å². The SMILES string of the molecule is COCCn1nc2n(c1=O)CCN(C(=O)c1cc(F)ccc1F)CC2. The monoisotopic (exact) mass is 352 g/mol. The number of fused-ring (bicyclic) bond motifs is 1. The molecular weight excluding hydrogens is 334 g/mol. The second kappa shape index (κ2) is 7.14. The van der Waals surface area contributed by atoms with Gasteiger partial charge in [0.2, 0.25) is 0 Å². The first-order valence-electron chi connectivity index (χ1n) is 7.91. The van der Waals surface area contributed by atoms with Gasteiger partial charge in [0.15, 0.2) is 0 Å². The average molecular weight is 352 g/mol. The van der Waals surface area contributed by atoms with E-state index in [1.807, 2.05) is 0 Å². The molecule has 1 aliphatic heterocycles. The van der Waals surface area contributed by atoms with E-state index in [1.54, 1.807) is 7.11 Å². The van der Waals surface area contributed by atoms with Crippen molar-refractivity contribution in [3.63, 3.8) is 0 Å². The molecule has 1 aromatic carbocycles. The highest BCUT2D eigenvalue weighted by Crippen LogP contribution is 2.14. The minimum atomic E-state index is -0.768. The van der Waals surface area contributed by atoms with Gasteiger partial charge in [0, 0.05) is 33.2 Å². The van der Waals surface area contributed by atoms with E-state index in [2.05, 4.69) is 5.10 Å². The van der Waals surface area contributed by atoms with Gasteiger partial charge in [0.1, 0.15) is 17.5 Å². The summed E-state index contributed by atoms with van der Waals surface area (Å²) in [5.41, 5.74) is -0.574. The van der Waals surface area contributed by atoms with Crippen molar-refractivity contribution in [2.24, 2.45) is 0 Å². The standard InChI is InChI=1S/C16H18F2N4O3/c1-25-9-8-22-16(24)21-7-6-20(5-4-14(21)19-22)15(23)12-10-11(17)2-3-13(12)18/h2-3,10H,4-9H2,1H3. The van der Waals surface area contributed by atoms with Gasteiger partial charge in [0.25, 0.3) is 5.91 Å². The Labute approximate surface area is 142 Å². The molecule has 0 saturated carbocycles. The lowest BCUT2D eigenvalue weighted by Gasteiger charge is -2.20. The number of halogens is 2. The second-order valence-electron chi connectivity index (χ2n) is 5.73. The first kappa shape index (κ1) is 17.3. The van der Waals surface area contributed by atoms with Crippen molar-refractivity contribution in [2.75, 3.05) is 26.8 Å². The molecule has 7 nitrogen and oxygen atoms in total. The Morgan fingerprint density at radius 3 is 2.84 bits per heavy atom. The molecule has 25 heavy (non-hydrogen) atoms. The molecule has 134 valence electrons. The number of ether oxygens (including phenoxy) is 1. The predicted molar refractivity (Wildman–Crippen MR) is 84.3 cm³/mol. The molecule has 0 unspecified atom stereocenters. The molecule has 1 aromatic heterocycles. The zero-order valence-corrected chi connectivity index (χ0v) is 13.7. The number of aromatic nitrogens is 3. The number of rotatable bonds is 4. The average Bonchev–Trinajstić information content (AvgIpc) is 2.77. The third kappa shape index (κ3) is 3.46. The van der Waals surface area contributed by atoms with Crippen molar-refractivity contribution in [1.29, 1.82) is 0 Å². The largest absolute Gasteiger partial charge is 0.383 e. The summed E-state index contributed by atoms with van der Waals surface area (Å²) >= 11 is 0. The molecular formula is C16H18F2N4O3. The second-order valence-corrected chi connectivity index (χ2v) is 5.73. The summed E-state index contributed by atoms with van der Waals surface area (Å²) in [4.78, 5) is 26.2. The van der Waals surface area contributed by atoms with E-state index in [0.29, 0.717) is 25.4 Å². The normalized spacial score (nSPS) is 14.3. The zero-order valence-electron chi connectivity index (χ0n) is 13.7. The highest BCUT2D eigenvalue weighted by atomic mass is 19.1. The molecule has 2 heterocycles.